The van der Waals surface area contributed by atoms with Crippen LogP contribution in [-0.2, 0) is 12.8 Å². The first-order valence-electron chi connectivity index (χ1n) is 7.36. The summed E-state index contributed by atoms with van der Waals surface area (Å²) in [4.78, 5) is 8.54. The van der Waals surface area contributed by atoms with Crippen molar-refractivity contribution < 1.29 is 0 Å². The third-order valence-electron chi connectivity index (χ3n) is 4.35. The Labute approximate surface area is 124 Å². The van der Waals surface area contributed by atoms with E-state index in [1.54, 1.807) is 12.4 Å². The molecule has 0 bridgehead atoms. The van der Waals surface area contributed by atoms with E-state index in [-0.39, 0.29) is 0 Å². The number of fused-ring (bicyclic) bond motifs is 1. The topological polar surface area (TPSA) is 75.6 Å². The van der Waals surface area contributed by atoms with Crippen LogP contribution in [0.4, 0.5) is 5.82 Å². The largest absolute Gasteiger partial charge is 0.383 e. The zero-order valence-corrected chi connectivity index (χ0v) is 12.1. The number of aromatic nitrogens is 2. The number of pyridine rings is 2. The molecule has 3 rings (SSSR count). The fraction of sp³-hybridized carbons (Fsp3) is 0.353. The lowest BCUT2D eigenvalue weighted by molar-refractivity contribution is 0.440. The number of aryl methyl sites for hydroxylation is 1. The van der Waals surface area contributed by atoms with Gasteiger partial charge in [0.2, 0.25) is 0 Å². The van der Waals surface area contributed by atoms with Crippen LogP contribution in [0.15, 0.2) is 24.5 Å². The van der Waals surface area contributed by atoms with E-state index in [4.69, 9.17) is 5.73 Å². The highest BCUT2D eigenvalue weighted by Crippen LogP contribution is 2.37. The fourth-order valence-electron chi connectivity index (χ4n) is 3.15. The maximum Gasteiger partial charge on any atom is 0.142 e. The molecular formula is C17H18N4. The minimum atomic E-state index is 0.345. The first-order chi connectivity index (χ1) is 10.2. The van der Waals surface area contributed by atoms with E-state index in [1.165, 1.54) is 5.56 Å². The number of nitrogen functional groups attached to an aromatic ring is 1. The standard InChI is InChI=1S/C17H18N4/c1-2-11-3-4-15-13(9-11)16(12-5-7-20-8-6-12)14(10-18)17(19)21-15/h5-8,11H,2-4,9H2,1H3,(H2,19,21). The summed E-state index contributed by atoms with van der Waals surface area (Å²) in [5, 5.41) is 9.50. The van der Waals surface area contributed by atoms with E-state index in [0.29, 0.717) is 17.3 Å². The van der Waals surface area contributed by atoms with E-state index in [1.807, 2.05) is 12.1 Å². The predicted octanol–water partition coefficient (Wildman–Crippen LogP) is 3.11. The molecule has 2 aromatic rings. The number of hydrogen-bond acceptors (Lipinski definition) is 4. The van der Waals surface area contributed by atoms with Gasteiger partial charge in [0, 0.05) is 23.7 Å². The lowest BCUT2D eigenvalue weighted by atomic mass is 9.80. The molecule has 2 aromatic heterocycles. The lowest BCUT2D eigenvalue weighted by Crippen LogP contribution is -2.18. The molecule has 0 fully saturated rings. The summed E-state index contributed by atoms with van der Waals surface area (Å²) >= 11 is 0. The number of hydrogen-bond donors (Lipinski definition) is 1. The van der Waals surface area contributed by atoms with Gasteiger partial charge in [-0.25, -0.2) is 4.98 Å². The van der Waals surface area contributed by atoms with Crippen LogP contribution in [0.2, 0.25) is 0 Å². The van der Waals surface area contributed by atoms with E-state index in [2.05, 4.69) is 23.0 Å². The van der Waals surface area contributed by atoms with Crippen molar-refractivity contribution in [3.05, 3.63) is 41.3 Å². The minimum absolute atomic E-state index is 0.345. The number of anilines is 1. The summed E-state index contributed by atoms with van der Waals surface area (Å²) in [5.41, 5.74) is 10.7. The van der Waals surface area contributed by atoms with Gasteiger partial charge in [0.15, 0.2) is 0 Å². The first kappa shape index (κ1) is 13.6. The van der Waals surface area contributed by atoms with E-state index < -0.39 is 0 Å². The monoisotopic (exact) mass is 278 g/mol. The van der Waals surface area contributed by atoms with Gasteiger partial charge >= 0.3 is 0 Å². The maximum absolute atomic E-state index is 9.50. The summed E-state index contributed by atoms with van der Waals surface area (Å²) in [6, 6.07) is 6.11. The van der Waals surface area contributed by atoms with E-state index in [9.17, 15) is 5.26 Å². The first-order valence-corrected chi connectivity index (χ1v) is 7.36. The molecule has 1 unspecified atom stereocenters. The molecule has 2 heterocycles. The molecule has 0 saturated heterocycles. The van der Waals surface area contributed by atoms with Crippen LogP contribution < -0.4 is 5.73 Å². The highest BCUT2D eigenvalue weighted by molar-refractivity contribution is 5.79. The van der Waals surface area contributed by atoms with Crippen LogP contribution in [0.25, 0.3) is 11.1 Å². The van der Waals surface area contributed by atoms with Gasteiger partial charge in [0.25, 0.3) is 0 Å². The SMILES string of the molecule is CCC1CCc2nc(N)c(C#N)c(-c3ccncc3)c2C1. The van der Waals surface area contributed by atoms with Gasteiger partial charge in [0.1, 0.15) is 17.5 Å². The van der Waals surface area contributed by atoms with Crippen molar-refractivity contribution in [1.82, 2.24) is 9.97 Å². The van der Waals surface area contributed by atoms with Crippen LogP contribution in [0, 0.1) is 17.2 Å². The van der Waals surface area contributed by atoms with Gasteiger partial charge in [-0.3, -0.25) is 4.98 Å². The predicted molar refractivity (Wildman–Crippen MR) is 82.4 cm³/mol. The third-order valence-corrected chi connectivity index (χ3v) is 4.35. The third kappa shape index (κ3) is 2.36. The Balaban J connectivity index is 2.25. The van der Waals surface area contributed by atoms with Crippen molar-refractivity contribution in [3.63, 3.8) is 0 Å². The van der Waals surface area contributed by atoms with Crippen LogP contribution >= 0.6 is 0 Å². The van der Waals surface area contributed by atoms with Crippen LogP contribution in [0.5, 0.6) is 0 Å². The number of nitrogens with two attached hydrogens (primary N) is 1. The Kier molecular flexibility index (Phi) is 3.57. The van der Waals surface area contributed by atoms with Crippen molar-refractivity contribution in [1.29, 1.82) is 5.26 Å². The van der Waals surface area contributed by atoms with Gasteiger partial charge in [-0.15, -0.1) is 0 Å². The Morgan fingerprint density at radius 1 is 1.38 bits per heavy atom. The average molecular weight is 278 g/mol. The lowest BCUT2D eigenvalue weighted by Gasteiger charge is -2.26. The van der Waals surface area contributed by atoms with Crippen LogP contribution in [0.3, 0.4) is 0 Å². The number of nitrogens with zero attached hydrogens (tertiary/aromatic N) is 3. The van der Waals surface area contributed by atoms with Gasteiger partial charge < -0.3 is 5.73 Å². The molecule has 4 nitrogen and oxygen atoms in total. The second kappa shape index (κ2) is 5.53. The second-order valence-electron chi connectivity index (χ2n) is 5.54. The van der Waals surface area contributed by atoms with Gasteiger partial charge in [-0.05, 0) is 48.4 Å². The molecule has 0 spiro atoms. The molecule has 1 atom stereocenters. The van der Waals surface area contributed by atoms with Crippen molar-refractivity contribution in [2.24, 2.45) is 5.92 Å². The smallest absolute Gasteiger partial charge is 0.142 e. The molecular weight excluding hydrogens is 260 g/mol. The normalized spacial score (nSPS) is 17.0. The molecule has 1 aliphatic rings. The molecule has 21 heavy (non-hydrogen) atoms. The average Bonchev–Trinajstić information content (AvgIpc) is 2.54. The highest BCUT2D eigenvalue weighted by Gasteiger charge is 2.25. The Morgan fingerprint density at radius 2 is 2.14 bits per heavy atom. The van der Waals surface area contributed by atoms with Crippen molar-refractivity contribution in [3.8, 4) is 17.2 Å². The van der Waals surface area contributed by atoms with Crippen LogP contribution in [0.1, 0.15) is 36.6 Å². The van der Waals surface area contributed by atoms with Gasteiger partial charge in [-0.2, -0.15) is 5.26 Å². The number of rotatable bonds is 2. The molecule has 2 N–H and O–H groups in total. The molecule has 0 aromatic carbocycles. The summed E-state index contributed by atoms with van der Waals surface area (Å²) in [5.74, 6) is 1.01. The zero-order chi connectivity index (χ0) is 14.8. The quantitative estimate of drug-likeness (QED) is 0.915. The molecule has 1 aliphatic carbocycles. The van der Waals surface area contributed by atoms with Crippen LogP contribution in [-0.4, -0.2) is 9.97 Å². The minimum Gasteiger partial charge on any atom is -0.383 e. The summed E-state index contributed by atoms with van der Waals surface area (Å²) in [6.07, 6.45) is 7.73. The highest BCUT2D eigenvalue weighted by atomic mass is 14.9. The summed E-state index contributed by atoms with van der Waals surface area (Å²) in [6.45, 7) is 2.22. The molecule has 0 radical (unpaired) electrons. The van der Waals surface area contributed by atoms with Crippen molar-refractivity contribution >= 4 is 5.82 Å². The van der Waals surface area contributed by atoms with Gasteiger partial charge in [-0.1, -0.05) is 13.3 Å². The Bertz CT molecular complexity index is 701. The zero-order valence-electron chi connectivity index (χ0n) is 12.1. The summed E-state index contributed by atoms with van der Waals surface area (Å²) in [7, 11) is 0. The van der Waals surface area contributed by atoms with Crippen molar-refractivity contribution in [2.45, 2.75) is 32.6 Å². The maximum atomic E-state index is 9.50. The Morgan fingerprint density at radius 3 is 2.81 bits per heavy atom. The molecule has 0 amide bonds. The van der Waals surface area contributed by atoms with E-state index >= 15 is 0 Å². The molecule has 106 valence electrons. The molecule has 4 heteroatoms. The molecule has 0 aliphatic heterocycles. The van der Waals surface area contributed by atoms with Gasteiger partial charge in [0.05, 0.1) is 0 Å². The Hall–Kier alpha value is -2.41. The second-order valence-corrected chi connectivity index (χ2v) is 5.54. The molecule has 0 saturated carbocycles. The van der Waals surface area contributed by atoms with Crippen molar-refractivity contribution in [2.75, 3.05) is 5.73 Å². The summed E-state index contributed by atoms with van der Waals surface area (Å²) < 4.78 is 0. The number of nitriles is 1. The fourth-order valence-corrected chi connectivity index (χ4v) is 3.15. The van der Waals surface area contributed by atoms with E-state index in [0.717, 1.165) is 42.5 Å².